The number of hydrogen-bond acceptors (Lipinski definition) is 1. The summed E-state index contributed by atoms with van der Waals surface area (Å²) in [5, 5.41) is 11.0. The third-order valence-corrected chi connectivity index (χ3v) is 13.2. The van der Waals surface area contributed by atoms with E-state index in [2.05, 4.69) is 211 Å². The Morgan fingerprint density at radius 2 is 1.05 bits per heavy atom. The van der Waals surface area contributed by atoms with Crippen molar-refractivity contribution in [2.45, 2.75) is 19.3 Å². The molecule has 1 aliphatic rings. The molecule has 0 saturated carbocycles. The van der Waals surface area contributed by atoms with Crippen molar-refractivity contribution in [2.75, 3.05) is 0 Å². The fraction of sp³-hybridized carbons (Fsp3) is 0.0536. The van der Waals surface area contributed by atoms with Gasteiger partial charge < -0.3 is 4.57 Å². The number of hydrogen-bond donors (Lipinski definition) is 0. The van der Waals surface area contributed by atoms with Gasteiger partial charge in [0.05, 0.1) is 27.6 Å². The van der Waals surface area contributed by atoms with Crippen molar-refractivity contribution in [3.05, 3.63) is 199 Å². The topological polar surface area (TPSA) is 22.8 Å². The molecule has 0 amide bonds. The Hall–Kier alpha value is -7.49. The first-order valence-corrected chi connectivity index (χ1v) is 20.6. The van der Waals surface area contributed by atoms with Crippen LogP contribution in [0.3, 0.4) is 0 Å². The van der Waals surface area contributed by atoms with Gasteiger partial charge in [-0.15, -0.1) is 0 Å². The van der Waals surface area contributed by atoms with Crippen molar-refractivity contribution in [1.82, 2.24) is 14.1 Å². The Labute approximate surface area is 341 Å². The van der Waals surface area contributed by atoms with E-state index in [9.17, 15) is 0 Å². The van der Waals surface area contributed by atoms with E-state index in [1.54, 1.807) is 0 Å². The predicted octanol–water partition coefficient (Wildman–Crippen LogP) is 14.7. The van der Waals surface area contributed by atoms with Crippen LogP contribution in [0.5, 0.6) is 0 Å². The van der Waals surface area contributed by atoms with Crippen LogP contribution in [0.1, 0.15) is 25.0 Å². The average Bonchev–Trinajstić information content (AvgIpc) is 3.89. The van der Waals surface area contributed by atoms with Crippen LogP contribution < -0.4 is 0 Å². The van der Waals surface area contributed by atoms with E-state index < -0.39 is 0 Å². The van der Waals surface area contributed by atoms with Crippen LogP contribution in [0.15, 0.2) is 188 Å². The molecule has 59 heavy (non-hydrogen) atoms. The summed E-state index contributed by atoms with van der Waals surface area (Å²) in [7, 11) is 0. The molecule has 276 valence electrons. The molecule has 0 unspecified atom stereocenters. The van der Waals surface area contributed by atoms with Gasteiger partial charge in [0, 0.05) is 49.0 Å². The normalized spacial score (nSPS) is 13.4. The molecule has 13 rings (SSSR count). The lowest BCUT2D eigenvalue weighted by Gasteiger charge is -2.25. The van der Waals surface area contributed by atoms with E-state index in [0.29, 0.717) is 0 Å². The molecule has 3 aromatic heterocycles. The molecule has 3 nitrogen and oxygen atoms in total. The van der Waals surface area contributed by atoms with Crippen LogP contribution in [0.25, 0.3) is 110 Å². The van der Waals surface area contributed by atoms with E-state index in [4.69, 9.17) is 4.98 Å². The summed E-state index contributed by atoms with van der Waals surface area (Å²) in [5.74, 6) is 0.934. The Balaban J connectivity index is 1.19. The van der Waals surface area contributed by atoms with E-state index in [0.717, 1.165) is 39.0 Å². The Bertz CT molecular complexity index is 3760. The molecule has 3 heterocycles. The molecule has 0 bridgehead atoms. The zero-order valence-corrected chi connectivity index (χ0v) is 32.7. The summed E-state index contributed by atoms with van der Waals surface area (Å²) in [5.41, 5.74) is 14.3. The van der Waals surface area contributed by atoms with E-state index in [1.165, 1.54) is 81.9 Å². The number of fused-ring (bicyclic) bond motifs is 14. The van der Waals surface area contributed by atoms with Gasteiger partial charge in [-0.2, -0.15) is 0 Å². The van der Waals surface area contributed by atoms with Gasteiger partial charge in [-0.05, 0) is 80.4 Å². The van der Waals surface area contributed by atoms with Gasteiger partial charge in [0.1, 0.15) is 5.82 Å². The van der Waals surface area contributed by atoms with Crippen molar-refractivity contribution < 1.29 is 0 Å². The molecule has 0 atom stereocenters. The van der Waals surface area contributed by atoms with Crippen LogP contribution in [0, 0.1) is 0 Å². The largest absolute Gasteiger partial charge is 0.309 e. The summed E-state index contributed by atoms with van der Waals surface area (Å²) in [6.07, 6.45) is 0. The van der Waals surface area contributed by atoms with Crippen LogP contribution in [0.2, 0.25) is 0 Å². The first kappa shape index (κ1) is 32.6. The number of pyridine rings is 1. The number of para-hydroxylation sites is 2. The third-order valence-electron chi connectivity index (χ3n) is 13.2. The summed E-state index contributed by atoms with van der Waals surface area (Å²) in [6.45, 7) is 4.76. The van der Waals surface area contributed by atoms with E-state index >= 15 is 0 Å². The number of nitrogens with zero attached hydrogens (tertiary/aromatic N) is 3. The molecule has 9 aromatic carbocycles. The second-order valence-electron chi connectivity index (χ2n) is 16.7. The van der Waals surface area contributed by atoms with Gasteiger partial charge in [-0.3, -0.25) is 4.57 Å². The highest BCUT2D eigenvalue weighted by Crippen LogP contribution is 2.53. The first-order chi connectivity index (χ1) is 29.0. The average molecular weight is 752 g/mol. The van der Waals surface area contributed by atoms with Gasteiger partial charge >= 0.3 is 0 Å². The Kier molecular flexibility index (Phi) is 6.51. The fourth-order valence-corrected chi connectivity index (χ4v) is 10.7. The smallest absolute Gasteiger partial charge is 0.146 e. The maximum absolute atomic E-state index is 5.69. The molecule has 1 aliphatic carbocycles. The van der Waals surface area contributed by atoms with E-state index in [1.807, 2.05) is 0 Å². The summed E-state index contributed by atoms with van der Waals surface area (Å²) >= 11 is 0. The van der Waals surface area contributed by atoms with E-state index in [-0.39, 0.29) is 5.41 Å². The number of aromatic nitrogens is 3. The lowest BCUT2D eigenvalue weighted by Crippen LogP contribution is -2.16. The predicted molar refractivity (Wildman–Crippen MR) is 248 cm³/mol. The first-order valence-electron chi connectivity index (χ1n) is 20.6. The Morgan fingerprint density at radius 3 is 1.92 bits per heavy atom. The van der Waals surface area contributed by atoms with Crippen molar-refractivity contribution in [2.24, 2.45) is 0 Å². The minimum Gasteiger partial charge on any atom is -0.309 e. The SMILES string of the molecule is CC1(C)c2ccccc2-c2cccc(-c3cc4ccccc4nc3-n3c4cc(-n5c6ccccc6c6ccc7ccccc7c65)ccc4c4c5ccccc5ccc43)c21. The highest BCUT2D eigenvalue weighted by molar-refractivity contribution is 6.23. The van der Waals surface area contributed by atoms with Crippen LogP contribution in [-0.4, -0.2) is 14.1 Å². The van der Waals surface area contributed by atoms with Gasteiger partial charge in [0.2, 0.25) is 0 Å². The van der Waals surface area contributed by atoms with Crippen molar-refractivity contribution in [1.29, 1.82) is 0 Å². The van der Waals surface area contributed by atoms with Crippen molar-refractivity contribution in [3.63, 3.8) is 0 Å². The molecule has 0 radical (unpaired) electrons. The maximum atomic E-state index is 5.69. The second kappa shape index (κ2) is 11.8. The minimum absolute atomic E-state index is 0.199. The van der Waals surface area contributed by atoms with Crippen molar-refractivity contribution in [3.8, 4) is 33.8 Å². The molecule has 12 aromatic rings. The van der Waals surface area contributed by atoms with Gasteiger partial charge in [0.25, 0.3) is 0 Å². The maximum Gasteiger partial charge on any atom is 0.146 e. The van der Waals surface area contributed by atoms with Crippen molar-refractivity contribution >= 4 is 76.1 Å². The summed E-state index contributed by atoms with van der Waals surface area (Å²) < 4.78 is 4.94. The molecule has 0 aliphatic heterocycles. The quantitative estimate of drug-likeness (QED) is 0.176. The minimum atomic E-state index is -0.199. The third kappa shape index (κ3) is 4.39. The number of rotatable bonds is 3. The molecule has 0 N–H and O–H groups in total. The van der Waals surface area contributed by atoms with Crippen LogP contribution in [0.4, 0.5) is 0 Å². The van der Waals surface area contributed by atoms with Gasteiger partial charge in [-0.25, -0.2) is 4.98 Å². The zero-order chi connectivity index (χ0) is 39.0. The highest BCUT2D eigenvalue weighted by Gasteiger charge is 2.38. The molecule has 0 saturated heterocycles. The Morgan fingerprint density at radius 1 is 0.407 bits per heavy atom. The molecule has 0 spiro atoms. The molecule has 3 heteroatoms. The monoisotopic (exact) mass is 751 g/mol. The van der Waals surface area contributed by atoms with Crippen LogP contribution in [-0.2, 0) is 5.41 Å². The lowest BCUT2D eigenvalue weighted by atomic mass is 9.79. The standard InChI is InChI=1S/C56H37N3/c1-56(2)47-23-10-8-19-40(47)42-21-13-22-43(53(42)56)46-32-36-16-5-11-24-48(36)57-55(46)59-50-31-27-34-14-3-6-17-38(34)52(50)45-30-28-37(33-51(45)59)58-49-25-12-9-20-41(49)44-29-26-35-15-4-7-18-39(35)54(44)58/h3-33H,1-2H3. The summed E-state index contributed by atoms with van der Waals surface area (Å²) in [4.78, 5) is 5.69. The fourth-order valence-electron chi connectivity index (χ4n) is 10.7. The molecule has 0 fully saturated rings. The molecular weight excluding hydrogens is 715 g/mol. The summed E-state index contributed by atoms with van der Waals surface area (Å²) in [6, 6.07) is 69.3. The zero-order valence-electron chi connectivity index (χ0n) is 32.7. The van der Waals surface area contributed by atoms with Crippen LogP contribution >= 0.6 is 0 Å². The lowest BCUT2D eigenvalue weighted by molar-refractivity contribution is 0.662. The van der Waals surface area contributed by atoms with Gasteiger partial charge in [-0.1, -0.05) is 166 Å². The number of benzene rings is 9. The second-order valence-corrected chi connectivity index (χ2v) is 16.7. The van der Waals surface area contributed by atoms with Gasteiger partial charge in [0.15, 0.2) is 0 Å². The molecular formula is C56H37N3. The highest BCUT2D eigenvalue weighted by atomic mass is 15.1.